The highest BCUT2D eigenvalue weighted by molar-refractivity contribution is 5.76. The molecule has 0 unspecified atom stereocenters. The van der Waals surface area contributed by atoms with Gasteiger partial charge in [0, 0.05) is 11.1 Å². The Labute approximate surface area is 121 Å². The summed E-state index contributed by atoms with van der Waals surface area (Å²) in [4.78, 5) is 4.51. The van der Waals surface area contributed by atoms with Gasteiger partial charge in [0.1, 0.15) is 11.5 Å². The smallest absolute Gasteiger partial charge is 0.160 e. The summed E-state index contributed by atoms with van der Waals surface area (Å²) in [5.41, 5.74) is 8.75. The highest BCUT2D eigenvalue weighted by Crippen LogP contribution is 2.30. The van der Waals surface area contributed by atoms with E-state index in [1.54, 1.807) is 19.1 Å². The van der Waals surface area contributed by atoms with Crippen LogP contribution >= 0.6 is 0 Å². The molecule has 2 aromatic carbocycles. The molecule has 4 nitrogen and oxygen atoms in total. The maximum Gasteiger partial charge on any atom is 0.160 e. The van der Waals surface area contributed by atoms with E-state index in [0.29, 0.717) is 22.9 Å². The predicted molar refractivity (Wildman–Crippen MR) is 82.4 cm³/mol. The molecule has 0 aliphatic heterocycles. The van der Waals surface area contributed by atoms with E-state index in [0.717, 1.165) is 11.1 Å². The van der Waals surface area contributed by atoms with Crippen LogP contribution < -0.4 is 11.6 Å². The van der Waals surface area contributed by atoms with Gasteiger partial charge in [0.15, 0.2) is 11.6 Å². The normalized spacial score (nSPS) is 10.8. The molecule has 0 saturated carbocycles. The second-order valence-corrected chi connectivity index (χ2v) is 4.87. The van der Waals surface area contributed by atoms with E-state index in [2.05, 4.69) is 4.98 Å². The summed E-state index contributed by atoms with van der Waals surface area (Å²) in [6.07, 6.45) is 0. The average Bonchev–Trinajstić information content (AvgIpc) is 2.79. The standard InChI is InChI=1S/C16H15FN4/c1-10-9-12(7-8-13(10)17)14-15(18)21(19)16(20-14)11-5-3-2-4-6-11/h2-9H,18-19H2,1H3. The van der Waals surface area contributed by atoms with Crippen LogP contribution in [0.5, 0.6) is 0 Å². The van der Waals surface area contributed by atoms with E-state index in [9.17, 15) is 4.39 Å². The summed E-state index contributed by atoms with van der Waals surface area (Å²) in [7, 11) is 0. The highest BCUT2D eigenvalue weighted by Gasteiger charge is 2.16. The van der Waals surface area contributed by atoms with Crippen LogP contribution in [0.4, 0.5) is 10.2 Å². The van der Waals surface area contributed by atoms with E-state index in [1.807, 2.05) is 30.3 Å². The minimum absolute atomic E-state index is 0.257. The van der Waals surface area contributed by atoms with Gasteiger partial charge in [-0.1, -0.05) is 30.3 Å². The van der Waals surface area contributed by atoms with Gasteiger partial charge in [-0.2, -0.15) is 0 Å². The van der Waals surface area contributed by atoms with Crippen LogP contribution in [-0.2, 0) is 0 Å². The van der Waals surface area contributed by atoms with Crippen LogP contribution in [0.1, 0.15) is 5.56 Å². The van der Waals surface area contributed by atoms with Gasteiger partial charge < -0.3 is 11.6 Å². The highest BCUT2D eigenvalue weighted by atomic mass is 19.1. The first-order valence-corrected chi connectivity index (χ1v) is 6.53. The van der Waals surface area contributed by atoms with E-state index in [1.165, 1.54) is 10.7 Å². The van der Waals surface area contributed by atoms with Crippen LogP contribution in [0, 0.1) is 12.7 Å². The first kappa shape index (κ1) is 13.2. The molecular weight excluding hydrogens is 267 g/mol. The van der Waals surface area contributed by atoms with Crippen molar-refractivity contribution in [1.29, 1.82) is 0 Å². The Hall–Kier alpha value is -2.82. The molecule has 0 saturated heterocycles. The molecular formula is C16H15FN4. The Morgan fingerprint density at radius 2 is 1.76 bits per heavy atom. The molecule has 106 valence electrons. The molecule has 0 radical (unpaired) electrons. The number of nitrogens with two attached hydrogens (primary N) is 2. The Morgan fingerprint density at radius 3 is 2.43 bits per heavy atom. The van der Waals surface area contributed by atoms with Gasteiger partial charge in [-0.3, -0.25) is 0 Å². The largest absolute Gasteiger partial charge is 0.382 e. The predicted octanol–water partition coefficient (Wildman–Crippen LogP) is 2.96. The summed E-state index contributed by atoms with van der Waals surface area (Å²) in [5.74, 6) is 6.66. The Morgan fingerprint density at radius 1 is 1.05 bits per heavy atom. The molecule has 0 bridgehead atoms. The number of imidazole rings is 1. The van der Waals surface area contributed by atoms with E-state index >= 15 is 0 Å². The number of benzene rings is 2. The Kier molecular flexibility index (Phi) is 3.10. The number of hydrogen-bond donors (Lipinski definition) is 2. The summed E-state index contributed by atoms with van der Waals surface area (Å²) >= 11 is 0. The monoisotopic (exact) mass is 282 g/mol. The number of nitrogen functional groups attached to an aromatic ring is 2. The fourth-order valence-corrected chi connectivity index (χ4v) is 2.24. The van der Waals surface area contributed by atoms with Crippen LogP contribution in [0.3, 0.4) is 0 Å². The molecule has 0 aliphatic rings. The number of halogens is 1. The van der Waals surface area contributed by atoms with Crippen molar-refractivity contribution >= 4 is 5.82 Å². The third-order valence-corrected chi connectivity index (χ3v) is 3.41. The van der Waals surface area contributed by atoms with Crippen molar-refractivity contribution in [3.05, 3.63) is 59.9 Å². The number of nitrogens with zero attached hydrogens (tertiary/aromatic N) is 2. The molecule has 1 heterocycles. The third kappa shape index (κ3) is 2.23. The van der Waals surface area contributed by atoms with Crippen LogP contribution in [0.15, 0.2) is 48.5 Å². The molecule has 4 N–H and O–H groups in total. The van der Waals surface area contributed by atoms with Crippen molar-refractivity contribution in [1.82, 2.24) is 9.66 Å². The maximum atomic E-state index is 13.4. The van der Waals surface area contributed by atoms with Gasteiger partial charge in [-0.25, -0.2) is 14.1 Å². The first-order chi connectivity index (χ1) is 10.1. The SMILES string of the molecule is Cc1cc(-c2nc(-c3ccccc3)n(N)c2N)ccc1F. The molecule has 21 heavy (non-hydrogen) atoms. The average molecular weight is 282 g/mol. The number of aryl methyl sites for hydroxylation is 1. The van der Waals surface area contributed by atoms with Crippen molar-refractivity contribution in [3.63, 3.8) is 0 Å². The maximum absolute atomic E-state index is 13.4. The zero-order valence-corrected chi connectivity index (χ0v) is 11.5. The summed E-state index contributed by atoms with van der Waals surface area (Å²) < 4.78 is 14.7. The molecule has 0 fully saturated rings. The molecule has 1 aromatic heterocycles. The Bertz CT molecular complexity index is 794. The first-order valence-electron chi connectivity index (χ1n) is 6.53. The zero-order chi connectivity index (χ0) is 15.0. The van der Waals surface area contributed by atoms with E-state index in [-0.39, 0.29) is 5.82 Å². The lowest BCUT2D eigenvalue weighted by Crippen LogP contribution is -2.13. The van der Waals surface area contributed by atoms with Crippen LogP contribution in [0.25, 0.3) is 22.6 Å². The molecule has 0 aliphatic carbocycles. The van der Waals surface area contributed by atoms with Gasteiger partial charge in [0.25, 0.3) is 0 Å². The Balaban J connectivity index is 2.15. The second kappa shape index (κ2) is 4.94. The zero-order valence-electron chi connectivity index (χ0n) is 11.5. The van der Waals surface area contributed by atoms with Crippen LogP contribution in [0.2, 0.25) is 0 Å². The summed E-state index contributed by atoms with van der Waals surface area (Å²) in [6.45, 7) is 1.70. The van der Waals surface area contributed by atoms with E-state index < -0.39 is 0 Å². The van der Waals surface area contributed by atoms with E-state index in [4.69, 9.17) is 11.6 Å². The minimum atomic E-state index is -0.257. The molecule has 0 spiro atoms. The summed E-state index contributed by atoms with van der Waals surface area (Å²) in [5, 5.41) is 0. The lowest BCUT2D eigenvalue weighted by molar-refractivity contribution is 0.619. The fourth-order valence-electron chi connectivity index (χ4n) is 2.24. The molecule has 3 aromatic rings. The molecule has 3 rings (SSSR count). The second-order valence-electron chi connectivity index (χ2n) is 4.87. The van der Waals surface area contributed by atoms with Crippen molar-refractivity contribution in [2.45, 2.75) is 6.92 Å². The lowest BCUT2D eigenvalue weighted by Gasteiger charge is -2.03. The number of hydrogen-bond acceptors (Lipinski definition) is 3. The van der Waals surface area contributed by atoms with Gasteiger partial charge in [-0.05, 0) is 30.7 Å². The number of anilines is 1. The lowest BCUT2D eigenvalue weighted by atomic mass is 10.1. The fraction of sp³-hybridized carbons (Fsp3) is 0.0625. The summed E-state index contributed by atoms with van der Waals surface area (Å²) in [6, 6.07) is 14.3. The van der Waals surface area contributed by atoms with Crippen molar-refractivity contribution in [3.8, 4) is 22.6 Å². The molecule has 0 amide bonds. The van der Waals surface area contributed by atoms with Gasteiger partial charge in [-0.15, -0.1) is 0 Å². The number of rotatable bonds is 2. The van der Waals surface area contributed by atoms with Crippen molar-refractivity contribution in [2.24, 2.45) is 0 Å². The quantitative estimate of drug-likeness (QED) is 0.710. The topological polar surface area (TPSA) is 69.9 Å². The third-order valence-electron chi connectivity index (χ3n) is 3.41. The van der Waals surface area contributed by atoms with Gasteiger partial charge >= 0.3 is 0 Å². The van der Waals surface area contributed by atoms with Gasteiger partial charge in [0.2, 0.25) is 0 Å². The minimum Gasteiger partial charge on any atom is -0.382 e. The van der Waals surface area contributed by atoms with Crippen molar-refractivity contribution < 1.29 is 4.39 Å². The van der Waals surface area contributed by atoms with Crippen molar-refractivity contribution in [2.75, 3.05) is 11.6 Å². The number of aromatic nitrogens is 2. The van der Waals surface area contributed by atoms with Crippen LogP contribution in [-0.4, -0.2) is 9.66 Å². The molecule has 5 heteroatoms. The van der Waals surface area contributed by atoms with Gasteiger partial charge in [0.05, 0.1) is 0 Å². The molecule has 0 atom stereocenters.